The molecule has 1 amide bonds. The molecule has 1 N–H and O–H groups in total. The Morgan fingerprint density at radius 3 is 2.16 bits per heavy atom. The topological polar surface area (TPSA) is 66.8 Å². The number of benzene rings is 3. The lowest BCUT2D eigenvalue weighted by atomic mass is 9.87. The minimum atomic E-state index is -1.04. The molecule has 194 valence electrons. The first kappa shape index (κ1) is 26.5. The van der Waals surface area contributed by atoms with Crippen LogP contribution in [0.3, 0.4) is 0 Å². The van der Waals surface area contributed by atoms with Gasteiger partial charge in [0.1, 0.15) is 17.9 Å². The molecular formula is C32H37NO4. The summed E-state index contributed by atoms with van der Waals surface area (Å²) in [6.45, 7) is 10.5. The molecule has 0 saturated carbocycles. The summed E-state index contributed by atoms with van der Waals surface area (Å²) >= 11 is 0. The number of carbonyl (C=O) groups is 2. The standard InChI is InChI=1S/C32H37NO4/c1-6-22-7-9-23(10-8-22)18-32(5)19-26-17-25(13-16-28(26)37-32)30(36)33(21-29(34)35)20-24-11-14-27(15-12-24)31(2,3)4/h7-17H,6,18-21H2,1-5H3,(H,34,35)/t32-/m1/s1. The van der Waals surface area contributed by atoms with Gasteiger partial charge in [-0.15, -0.1) is 0 Å². The summed E-state index contributed by atoms with van der Waals surface area (Å²) in [6, 6.07) is 22.1. The molecule has 3 aromatic carbocycles. The normalized spacial score (nSPS) is 16.7. The van der Waals surface area contributed by atoms with E-state index in [0.717, 1.165) is 29.7 Å². The second-order valence-electron chi connectivity index (χ2n) is 11.4. The fourth-order valence-electron chi connectivity index (χ4n) is 4.95. The average molecular weight is 500 g/mol. The number of amides is 1. The van der Waals surface area contributed by atoms with Crippen molar-refractivity contribution in [3.05, 3.63) is 100 Å². The van der Waals surface area contributed by atoms with Crippen molar-refractivity contribution in [3.63, 3.8) is 0 Å². The fraction of sp³-hybridized carbons (Fsp3) is 0.375. The SMILES string of the molecule is CCc1ccc(C[C@]2(C)Cc3cc(C(=O)N(CC(=O)O)Cc4ccc(C(C)(C)C)cc4)ccc3O2)cc1. The minimum absolute atomic E-state index is 0.0229. The van der Waals surface area contributed by atoms with Crippen LogP contribution in [0.15, 0.2) is 66.7 Å². The van der Waals surface area contributed by atoms with Gasteiger partial charge in [-0.05, 0) is 64.8 Å². The highest BCUT2D eigenvalue weighted by molar-refractivity contribution is 5.96. The minimum Gasteiger partial charge on any atom is -0.487 e. The van der Waals surface area contributed by atoms with Crippen LogP contribution in [-0.2, 0) is 36.0 Å². The highest BCUT2D eigenvalue weighted by Gasteiger charge is 2.35. The van der Waals surface area contributed by atoms with Gasteiger partial charge in [-0.2, -0.15) is 0 Å². The molecule has 37 heavy (non-hydrogen) atoms. The lowest BCUT2D eigenvalue weighted by Crippen LogP contribution is -2.35. The van der Waals surface area contributed by atoms with Crippen LogP contribution in [0.25, 0.3) is 0 Å². The van der Waals surface area contributed by atoms with Gasteiger partial charge in [-0.1, -0.05) is 76.2 Å². The number of rotatable bonds is 8. The zero-order chi connectivity index (χ0) is 26.8. The van der Waals surface area contributed by atoms with Crippen molar-refractivity contribution >= 4 is 11.9 Å². The maximum Gasteiger partial charge on any atom is 0.323 e. The number of nitrogens with zero attached hydrogens (tertiary/aromatic N) is 1. The van der Waals surface area contributed by atoms with Gasteiger partial charge in [0.2, 0.25) is 0 Å². The third kappa shape index (κ3) is 6.40. The van der Waals surface area contributed by atoms with Crippen LogP contribution < -0.4 is 4.74 Å². The summed E-state index contributed by atoms with van der Waals surface area (Å²) in [4.78, 5) is 26.4. The summed E-state index contributed by atoms with van der Waals surface area (Å²) in [7, 11) is 0. The molecule has 0 fully saturated rings. The molecule has 0 aromatic heterocycles. The van der Waals surface area contributed by atoms with Crippen LogP contribution in [0.1, 0.15) is 72.8 Å². The van der Waals surface area contributed by atoms with E-state index in [9.17, 15) is 14.7 Å². The maximum absolute atomic E-state index is 13.4. The van der Waals surface area contributed by atoms with Gasteiger partial charge in [0.15, 0.2) is 0 Å². The molecule has 3 aromatic rings. The zero-order valence-electron chi connectivity index (χ0n) is 22.5. The van der Waals surface area contributed by atoms with Crippen molar-refractivity contribution < 1.29 is 19.4 Å². The van der Waals surface area contributed by atoms with Gasteiger partial charge in [-0.25, -0.2) is 0 Å². The highest BCUT2D eigenvalue weighted by Crippen LogP contribution is 2.38. The van der Waals surface area contributed by atoms with Crippen molar-refractivity contribution in [3.8, 4) is 5.75 Å². The summed E-state index contributed by atoms with van der Waals surface area (Å²) in [5.74, 6) is -0.550. The largest absolute Gasteiger partial charge is 0.487 e. The van der Waals surface area contributed by atoms with E-state index in [1.54, 1.807) is 6.07 Å². The Morgan fingerprint density at radius 1 is 0.946 bits per heavy atom. The molecule has 0 bridgehead atoms. The smallest absolute Gasteiger partial charge is 0.323 e. The van der Waals surface area contributed by atoms with Crippen molar-refractivity contribution in [2.45, 2.75) is 71.4 Å². The number of carboxylic acids is 1. The lowest BCUT2D eigenvalue weighted by Gasteiger charge is -2.24. The van der Waals surface area contributed by atoms with Crippen LogP contribution in [0.2, 0.25) is 0 Å². The lowest BCUT2D eigenvalue weighted by molar-refractivity contribution is -0.137. The molecule has 0 spiro atoms. The molecule has 5 heteroatoms. The van der Waals surface area contributed by atoms with Crippen LogP contribution in [0.4, 0.5) is 0 Å². The molecule has 5 nitrogen and oxygen atoms in total. The van der Waals surface area contributed by atoms with Crippen molar-refractivity contribution in [1.29, 1.82) is 0 Å². The molecule has 4 rings (SSSR count). The third-order valence-corrected chi connectivity index (χ3v) is 7.04. The predicted molar refractivity (Wildman–Crippen MR) is 146 cm³/mol. The number of aryl methyl sites for hydroxylation is 1. The average Bonchev–Trinajstić information content (AvgIpc) is 3.18. The summed E-state index contributed by atoms with van der Waals surface area (Å²) < 4.78 is 6.33. The third-order valence-electron chi connectivity index (χ3n) is 7.04. The van der Waals surface area contributed by atoms with E-state index in [2.05, 4.69) is 58.9 Å². The molecule has 1 aliphatic rings. The van der Waals surface area contributed by atoms with Gasteiger partial charge in [0, 0.05) is 24.9 Å². The maximum atomic E-state index is 13.4. The number of ether oxygens (including phenoxy) is 1. The second-order valence-corrected chi connectivity index (χ2v) is 11.4. The van der Waals surface area contributed by atoms with E-state index in [1.165, 1.54) is 21.6 Å². The van der Waals surface area contributed by atoms with E-state index >= 15 is 0 Å². The van der Waals surface area contributed by atoms with E-state index in [-0.39, 0.29) is 24.4 Å². The quantitative estimate of drug-likeness (QED) is 0.400. The first-order chi connectivity index (χ1) is 17.5. The predicted octanol–water partition coefficient (Wildman–Crippen LogP) is 6.21. The van der Waals surface area contributed by atoms with Crippen LogP contribution in [0, 0.1) is 0 Å². The number of carboxylic acid groups (broad SMARTS) is 1. The Labute approximate surface area is 220 Å². The Kier molecular flexibility index (Phi) is 7.44. The van der Waals surface area contributed by atoms with E-state index in [4.69, 9.17) is 4.74 Å². The summed E-state index contributed by atoms with van der Waals surface area (Å²) in [5, 5.41) is 9.49. The highest BCUT2D eigenvalue weighted by atomic mass is 16.5. The first-order valence-corrected chi connectivity index (χ1v) is 13.0. The Balaban J connectivity index is 1.50. The van der Waals surface area contributed by atoms with Crippen molar-refractivity contribution in [2.75, 3.05) is 6.54 Å². The first-order valence-electron chi connectivity index (χ1n) is 13.0. The Morgan fingerprint density at radius 2 is 1.57 bits per heavy atom. The number of hydrogen-bond acceptors (Lipinski definition) is 3. The van der Waals surface area contributed by atoms with Crippen molar-refractivity contribution in [1.82, 2.24) is 4.90 Å². The molecular weight excluding hydrogens is 462 g/mol. The van der Waals surface area contributed by atoms with Crippen LogP contribution in [-0.4, -0.2) is 34.0 Å². The molecule has 1 atom stereocenters. The molecule has 0 unspecified atom stereocenters. The number of aliphatic carboxylic acids is 1. The monoisotopic (exact) mass is 499 g/mol. The fourth-order valence-corrected chi connectivity index (χ4v) is 4.95. The zero-order valence-corrected chi connectivity index (χ0v) is 22.5. The molecule has 0 saturated heterocycles. The molecule has 1 aliphatic heterocycles. The van der Waals surface area contributed by atoms with Crippen molar-refractivity contribution in [2.24, 2.45) is 0 Å². The summed E-state index contributed by atoms with van der Waals surface area (Å²) in [5.41, 5.74) is 5.69. The Bertz CT molecular complexity index is 1270. The number of carbonyl (C=O) groups excluding carboxylic acids is 1. The van der Waals surface area contributed by atoms with Gasteiger partial charge >= 0.3 is 5.97 Å². The van der Waals surface area contributed by atoms with Gasteiger partial charge < -0.3 is 14.7 Å². The second kappa shape index (κ2) is 10.4. The van der Waals surface area contributed by atoms with E-state index in [0.29, 0.717) is 12.0 Å². The van der Waals surface area contributed by atoms with Crippen LogP contribution in [0.5, 0.6) is 5.75 Å². The van der Waals surface area contributed by atoms with E-state index in [1.807, 2.05) is 36.4 Å². The molecule has 0 aliphatic carbocycles. The van der Waals surface area contributed by atoms with Gasteiger partial charge in [-0.3, -0.25) is 9.59 Å². The van der Waals surface area contributed by atoms with E-state index < -0.39 is 11.6 Å². The van der Waals surface area contributed by atoms with Gasteiger partial charge in [0.25, 0.3) is 5.91 Å². The number of hydrogen-bond donors (Lipinski definition) is 1. The molecule has 0 radical (unpaired) electrons. The van der Waals surface area contributed by atoms with Gasteiger partial charge in [0.05, 0.1) is 0 Å². The summed E-state index contributed by atoms with van der Waals surface area (Å²) in [6.07, 6.45) is 2.47. The van der Waals surface area contributed by atoms with Crippen LogP contribution >= 0.6 is 0 Å². The molecule has 1 heterocycles. The number of fused-ring (bicyclic) bond motifs is 1. The Hall–Kier alpha value is -3.60.